The largest absolute Gasteiger partial charge is 0.497 e. The van der Waals surface area contributed by atoms with Gasteiger partial charge in [0.1, 0.15) is 30.4 Å². The summed E-state index contributed by atoms with van der Waals surface area (Å²) in [5.74, 6) is 0.847. The van der Waals surface area contributed by atoms with E-state index in [-0.39, 0.29) is 18.3 Å². The van der Waals surface area contributed by atoms with Gasteiger partial charge in [0, 0.05) is 23.9 Å². The molecule has 0 fully saturated rings. The molecule has 0 radical (unpaired) electrons. The number of aromatic nitrogens is 3. The maximum absolute atomic E-state index is 11.9. The number of amides is 1. The molecule has 0 unspecified atom stereocenters. The molecule has 21 heavy (non-hydrogen) atoms. The van der Waals surface area contributed by atoms with Gasteiger partial charge in [-0.05, 0) is 0 Å². The van der Waals surface area contributed by atoms with E-state index in [1.165, 1.54) is 25.2 Å². The fourth-order valence-corrected chi connectivity index (χ4v) is 1.65. The standard InChI is InChI=1S/C13H13N5O3/c1-20-10-3-9(4-11(5-10)21-2)16-13(19)7-18-8-15-12(6-14)17-18/h3-5,8H,7H2,1-2H3,(H,16,19). The maximum atomic E-state index is 11.9. The molecule has 0 atom stereocenters. The van der Waals surface area contributed by atoms with E-state index >= 15 is 0 Å². The van der Waals surface area contributed by atoms with Crippen LogP contribution in [0.1, 0.15) is 5.82 Å². The molecule has 8 heteroatoms. The molecule has 0 bridgehead atoms. The summed E-state index contributed by atoms with van der Waals surface area (Å²) >= 11 is 0. The van der Waals surface area contributed by atoms with E-state index in [2.05, 4.69) is 15.4 Å². The second kappa shape index (κ2) is 6.38. The summed E-state index contributed by atoms with van der Waals surface area (Å²) in [6.45, 7) is -0.0474. The molecule has 1 amide bonds. The van der Waals surface area contributed by atoms with Crippen molar-refractivity contribution in [2.75, 3.05) is 19.5 Å². The quantitative estimate of drug-likeness (QED) is 0.872. The van der Waals surface area contributed by atoms with Crippen molar-refractivity contribution in [3.8, 4) is 17.6 Å². The van der Waals surface area contributed by atoms with Crippen LogP contribution in [0.25, 0.3) is 0 Å². The van der Waals surface area contributed by atoms with Gasteiger partial charge in [0.05, 0.1) is 14.2 Å². The number of rotatable bonds is 5. The highest BCUT2D eigenvalue weighted by Crippen LogP contribution is 2.25. The Morgan fingerprint density at radius 3 is 2.52 bits per heavy atom. The zero-order chi connectivity index (χ0) is 15.2. The van der Waals surface area contributed by atoms with Crippen LogP contribution in [-0.4, -0.2) is 34.9 Å². The molecule has 1 N–H and O–H groups in total. The summed E-state index contributed by atoms with van der Waals surface area (Å²) in [4.78, 5) is 15.6. The lowest BCUT2D eigenvalue weighted by atomic mass is 10.2. The number of carbonyl (C=O) groups is 1. The van der Waals surface area contributed by atoms with Crippen LogP contribution in [0.5, 0.6) is 11.5 Å². The highest BCUT2D eigenvalue weighted by Gasteiger charge is 2.08. The SMILES string of the molecule is COc1cc(NC(=O)Cn2cnc(C#N)n2)cc(OC)c1. The molecular formula is C13H13N5O3. The van der Waals surface area contributed by atoms with Crippen molar-refractivity contribution >= 4 is 11.6 Å². The molecule has 2 aromatic rings. The third-order valence-corrected chi connectivity index (χ3v) is 2.58. The van der Waals surface area contributed by atoms with Crippen LogP contribution in [0, 0.1) is 11.3 Å². The van der Waals surface area contributed by atoms with Gasteiger partial charge >= 0.3 is 0 Å². The minimum atomic E-state index is -0.306. The summed E-state index contributed by atoms with van der Waals surface area (Å²) in [5, 5.41) is 15.1. The van der Waals surface area contributed by atoms with Crippen LogP contribution < -0.4 is 14.8 Å². The van der Waals surface area contributed by atoms with Gasteiger partial charge in [0.2, 0.25) is 5.91 Å². The van der Waals surface area contributed by atoms with Gasteiger partial charge in [-0.15, -0.1) is 5.10 Å². The van der Waals surface area contributed by atoms with Gasteiger partial charge in [-0.25, -0.2) is 9.67 Å². The van der Waals surface area contributed by atoms with Gasteiger partial charge in [-0.3, -0.25) is 4.79 Å². The van der Waals surface area contributed by atoms with Crippen molar-refractivity contribution in [1.82, 2.24) is 14.8 Å². The average Bonchev–Trinajstić information content (AvgIpc) is 2.94. The maximum Gasteiger partial charge on any atom is 0.252 e. The number of nitrogens with zero attached hydrogens (tertiary/aromatic N) is 4. The smallest absolute Gasteiger partial charge is 0.252 e. The van der Waals surface area contributed by atoms with Crippen LogP contribution in [0.4, 0.5) is 5.69 Å². The van der Waals surface area contributed by atoms with Crippen molar-refractivity contribution in [3.05, 3.63) is 30.4 Å². The van der Waals surface area contributed by atoms with Gasteiger partial charge < -0.3 is 14.8 Å². The summed E-state index contributed by atoms with van der Waals surface area (Å²) < 4.78 is 11.5. The van der Waals surface area contributed by atoms with Gasteiger partial charge in [0.25, 0.3) is 5.82 Å². The molecule has 0 aliphatic rings. The third kappa shape index (κ3) is 3.70. The average molecular weight is 287 g/mol. The lowest BCUT2D eigenvalue weighted by Crippen LogP contribution is -2.19. The summed E-state index contributed by atoms with van der Waals surface area (Å²) in [5.41, 5.74) is 0.539. The van der Waals surface area contributed by atoms with E-state index in [9.17, 15) is 4.79 Å². The van der Waals surface area contributed by atoms with Crippen molar-refractivity contribution in [2.24, 2.45) is 0 Å². The first-order valence-corrected chi connectivity index (χ1v) is 5.97. The Bertz CT molecular complexity index is 667. The zero-order valence-electron chi connectivity index (χ0n) is 11.5. The molecule has 0 aliphatic carbocycles. The fraction of sp³-hybridized carbons (Fsp3) is 0.231. The van der Waals surface area contributed by atoms with Crippen LogP contribution in [-0.2, 0) is 11.3 Å². The molecular weight excluding hydrogens is 274 g/mol. The zero-order valence-corrected chi connectivity index (χ0v) is 11.5. The number of carbonyl (C=O) groups excluding carboxylic acids is 1. The fourth-order valence-electron chi connectivity index (χ4n) is 1.65. The first kappa shape index (κ1) is 14.3. The Kier molecular flexibility index (Phi) is 4.36. The molecule has 0 spiro atoms. The highest BCUT2D eigenvalue weighted by atomic mass is 16.5. The van der Waals surface area contributed by atoms with E-state index in [1.807, 2.05) is 0 Å². The number of hydrogen-bond acceptors (Lipinski definition) is 6. The van der Waals surface area contributed by atoms with Gasteiger partial charge in [0.15, 0.2) is 0 Å². The monoisotopic (exact) mass is 287 g/mol. The highest BCUT2D eigenvalue weighted by molar-refractivity contribution is 5.90. The van der Waals surface area contributed by atoms with Crippen molar-refractivity contribution in [3.63, 3.8) is 0 Å². The Hall–Kier alpha value is -3.08. The Balaban J connectivity index is 2.07. The van der Waals surface area contributed by atoms with Crippen LogP contribution in [0.3, 0.4) is 0 Å². The van der Waals surface area contributed by atoms with Crippen LogP contribution >= 0.6 is 0 Å². The molecule has 8 nitrogen and oxygen atoms in total. The molecule has 1 aromatic heterocycles. The van der Waals surface area contributed by atoms with Gasteiger partial charge in [-0.2, -0.15) is 5.26 Å². The van der Waals surface area contributed by atoms with E-state index in [0.29, 0.717) is 17.2 Å². The first-order chi connectivity index (χ1) is 10.1. The van der Waals surface area contributed by atoms with E-state index in [1.54, 1.807) is 24.3 Å². The molecule has 1 aromatic carbocycles. The van der Waals surface area contributed by atoms with Crippen molar-refractivity contribution < 1.29 is 14.3 Å². The molecule has 0 saturated carbocycles. The number of nitriles is 1. The number of nitrogens with one attached hydrogen (secondary N) is 1. The number of ether oxygens (including phenoxy) is 2. The Labute approximate surface area is 120 Å². The van der Waals surface area contributed by atoms with E-state index in [4.69, 9.17) is 14.7 Å². The predicted molar refractivity (Wildman–Crippen MR) is 72.9 cm³/mol. The third-order valence-electron chi connectivity index (χ3n) is 2.58. The van der Waals surface area contributed by atoms with E-state index < -0.39 is 0 Å². The number of hydrogen-bond donors (Lipinski definition) is 1. The van der Waals surface area contributed by atoms with Crippen LogP contribution in [0.2, 0.25) is 0 Å². The minimum absolute atomic E-state index is 0.0193. The van der Waals surface area contributed by atoms with Crippen molar-refractivity contribution in [1.29, 1.82) is 5.26 Å². The van der Waals surface area contributed by atoms with Gasteiger partial charge in [-0.1, -0.05) is 0 Å². The first-order valence-electron chi connectivity index (χ1n) is 5.97. The molecule has 0 saturated heterocycles. The van der Waals surface area contributed by atoms with E-state index in [0.717, 1.165) is 0 Å². The molecule has 0 aliphatic heterocycles. The normalized spacial score (nSPS) is 9.76. The lowest BCUT2D eigenvalue weighted by Gasteiger charge is -2.09. The second-order valence-electron chi connectivity index (χ2n) is 4.03. The number of benzene rings is 1. The molecule has 1 heterocycles. The summed E-state index contributed by atoms with van der Waals surface area (Å²) in [6, 6.07) is 6.83. The summed E-state index contributed by atoms with van der Waals surface area (Å²) in [6.07, 6.45) is 1.32. The topological polar surface area (TPSA) is 102 Å². The predicted octanol–water partition coefficient (Wildman–Crippen LogP) is 0.806. The van der Waals surface area contributed by atoms with Crippen LogP contribution in [0.15, 0.2) is 24.5 Å². The second-order valence-corrected chi connectivity index (χ2v) is 4.03. The molecule has 108 valence electrons. The van der Waals surface area contributed by atoms with Crippen molar-refractivity contribution in [2.45, 2.75) is 6.54 Å². The Morgan fingerprint density at radius 1 is 1.33 bits per heavy atom. The lowest BCUT2D eigenvalue weighted by molar-refractivity contribution is -0.116. The summed E-state index contributed by atoms with van der Waals surface area (Å²) in [7, 11) is 3.05. The Morgan fingerprint density at radius 2 is 2.00 bits per heavy atom. The minimum Gasteiger partial charge on any atom is -0.497 e. The number of anilines is 1. The number of methoxy groups -OCH3 is 2. The molecule has 2 rings (SSSR count).